The van der Waals surface area contributed by atoms with E-state index in [4.69, 9.17) is 4.42 Å². The molecule has 1 amide bonds. The summed E-state index contributed by atoms with van der Waals surface area (Å²) < 4.78 is 7.03. The first kappa shape index (κ1) is 20.9. The smallest absolute Gasteiger partial charge is 0.281 e. The molecule has 0 unspecified atom stereocenters. The molecular formula is C26H21N3O3S. The van der Waals surface area contributed by atoms with E-state index in [2.05, 4.69) is 10.4 Å². The standard InChI is InChI=1S/C26H21N3O3S/c1-17-23(19-10-6-3-7-11-19)24-25(33-17)27-16-29(26(24)31)28-22(30)15-13-20-12-14-21(32-20)18-8-4-2-5-9-18/h2-12,14,16H,13,15H2,1H3,(H,28,30). The molecule has 0 bridgehead atoms. The van der Waals surface area contributed by atoms with Crippen LogP contribution < -0.4 is 11.0 Å². The van der Waals surface area contributed by atoms with Gasteiger partial charge in [0.15, 0.2) is 0 Å². The molecule has 0 aliphatic heterocycles. The first-order valence-electron chi connectivity index (χ1n) is 10.6. The van der Waals surface area contributed by atoms with Gasteiger partial charge < -0.3 is 4.42 Å². The molecule has 7 heteroatoms. The Kier molecular flexibility index (Phi) is 5.62. The van der Waals surface area contributed by atoms with Crippen molar-refractivity contribution in [3.8, 4) is 22.5 Å². The Balaban J connectivity index is 1.33. The fraction of sp³-hybridized carbons (Fsp3) is 0.115. The molecule has 0 radical (unpaired) electrons. The van der Waals surface area contributed by atoms with Crippen LogP contribution in [-0.4, -0.2) is 15.6 Å². The summed E-state index contributed by atoms with van der Waals surface area (Å²) in [5.74, 6) is 1.19. The molecule has 5 rings (SSSR count). The zero-order valence-electron chi connectivity index (χ0n) is 17.9. The Bertz CT molecular complexity index is 1480. The Labute approximate surface area is 194 Å². The van der Waals surface area contributed by atoms with E-state index in [1.165, 1.54) is 22.3 Å². The van der Waals surface area contributed by atoms with Crippen LogP contribution in [0.4, 0.5) is 0 Å². The van der Waals surface area contributed by atoms with E-state index < -0.39 is 0 Å². The molecule has 0 spiro atoms. The quantitative estimate of drug-likeness (QED) is 0.372. The van der Waals surface area contributed by atoms with Crippen LogP contribution >= 0.6 is 11.3 Å². The van der Waals surface area contributed by atoms with Gasteiger partial charge in [-0.25, -0.2) is 9.66 Å². The summed E-state index contributed by atoms with van der Waals surface area (Å²) in [4.78, 5) is 31.9. The van der Waals surface area contributed by atoms with E-state index in [0.29, 0.717) is 22.4 Å². The number of hydrogen-bond acceptors (Lipinski definition) is 5. The predicted octanol–water partition coefficient (Wildman–Crippen LogP) is 5.40. The van der Waals surface area contributed by atoms with Crippen LogP contribution in [0.1, 0.15) is 17.1 Å². The minimum atomic E-state index is -0.291. The Morgan fingerprint density at radius 2 is 1.70 bits per heavy atom. The number of nitrogens with zero attached hydrogens (tertiary/aromatic N) is 2. The van der Waals surface area contributed by atoms with Crippen LogP contribution in [0.5, 0.6) is 0 Å². The number of aromatic nitrogens is 2. The molecule has 0 atom stereocenters. The van der Waals surface area contributed by atoms with Crippen LogP contribution in [0.25, 0.3) is 32.7 Å². The highest BCUT2D eigenvalue weighted by Gasteiger charge is 2.17. The second kappa shape index (κ2) is 8.88. The van der Waals surface area contributed by atoms with Gasteiger partial charge in [-0.05, 0) is 24.6 Å². The van der Waals surface area contributed by atoms with Gasteiger partial charge in [0.25, 0.3) is 5.56 Å². The topological polar surface area (TPSA) is 77.1 Å². The molecule has 0 saturated carbocycles. The molecule has 1 N–H and O–H groups in total. The third-order valence-electron chi connectivity index (χ3n) is 5.41. The van der Waals surface area contributed by atoms with E-state index in [1.54, 1.807) is 0 Å². The second-order valence-corrected chi connectivity index (χ2v) is 8.87. The number of fused-ring (bicyclic) bond motifs is 1. The van der Waals surface area contributed by atoms with Crippen molar-refractivity contribution in [2.45, 2.75) is 19.8 Å². The van der Waals surface area contributed by atoms with Crippen molar-refractivity contribution in [1.82, 2.24) is 9.66 Å². The van der Waals surface area contributed by atoms with E-state index >= 15 is 0 Å². The van der Waals surface area contributed by atoms with Gasteiger partial charge >= 0.3 is 0 Å². The van der Waals surface area contributed by atoms with Gasteiger partial charge in [-0.3, -0.25) is 15.0 Å². The summed E-state index contributed by atoms with van der Waals surface area (Å²) in [5, 5.41) is 0.519. The molecule has 164 valence electrons. The summed E-state index contributed by atoms with van der Waals surface area (Å²) in [6.45, 7) is 1.98. The van der Waals surface area contributed by atoms with E-state index in [-0.39, 0.29) is 17.9 Å². The molecule has 5 aromatic rings. The lowest BCUT2D eigenvalue weighted by Crippen LogP contribution is -2.33. The van der Waals surface area contributed by atoms with E-state index in [1.807, 2.05) is 79.7 Å². The maximum Gasteiger partial charge on any atom is 0.281 e. The lowest BCUT2D eigenvalue weighted by molar-refractivity contribution is -0.117. The zero-order valence-corrected chi connectivity index (χ0v) is 18.8. The highest BCUT2D eigenvalue weighted by atomic mass is 32.1. The van der Waals surface area contributed by atoms with Gasteiger partial charge in [0.1, 0.15) is 22.7 Å². The van der Waals surface area contributed by atoms with E-state index in [0.717, 1.165) is 27.3 Å². The molecule has 0 aliphatic carbocycles. The molecule has 33 heavy (non-hydrogen) atoms. The largest absolute Gasteiger partial charge is 0.461 e. The van der Waals surface area contributed by atoms with Crippen molar-refractivity contribution in [3.05, 3.63) is 100 Å². The van der Waals surface area contributed by atoms with Crippen molar-refractivity contribution >= 4 is 27.5 Å². The molecule has 2 aromatic carbocycles. The lowest BCUT2D eigenvalue weighted by Gasteiger charge is -2.08. The summed E-state index contributed by atoms with van der Waals surface area (Å²) in [6, 6.07) is 23.3. The fourth-order valence-electron chi connectivity index (χ4n) is 3.83. The molecule has 6 nitrogen and oxygen atoms in total. The van der Waals surface area contributed by atoms with Gasteiger partial charge in [0.2, 0.25) is 5.91 Å². The molecular weight excluding hydrogens is 434 g/mol. The van der Waals surface area contributed by atoms with Crippen molar-refractivity contribution in [1.29, 1.82) is 0 Å². The number of furan rings is 1. The predicted molar refractivity (Wildman–Crippen MR) is 131 cm³/mol. The highest BCUT2D eigenvalue weighted by Crippen LogP contribution is 2.35. The number of thiophene rings is 1. The number of nitrogens with one attached hydrogen (secondary N) is 1. The monoisotopic (exact) mass is 455 g/mol. The van der Waals surface area contributed by atoms with Gasteiger partial charge in [-0.15, -0.1) is 11.3 Å². The third kappa shape index (κ3) is 4.23. The van der Waals surface area contributed by atoms with Crippen LogP contribution in [0.15, 0.2) is 88.3 Å². The lowest BCUT2D eigenvalue weighted by atomic mass is 10.0. The first-order valence-corrected chi connectivity index (χ1v) is 11.4. The zero-order chi connectivity index (χ0) is 22.8. The van der Waals surface area contributed by atoms with Crippen molar-refractivity contribution in [3.63, 3.8) is 0 Å². The first-order chi connectivity index (χ1) is 16.1. The molecule has 0 aliphatic rings. The van der Waals surface area contributed by atoms with Crippen LogP contribution in [-0.2, 0) is 11.2 Å². The van der Waals surface area contributed by atoms with Crippen molar-refractivity contribution < 1.29 is 9.21 Å². The molecule has 3 aromatic heterocycles. The molecule has 0 saturated heterocycles. The normalized spacial score (nSPS) is 11.1. The fourth-order valence-corrected chi connectivity index (χ4v) is 4.83. The average molecular weight is 456 g/mol. The summed E-state index contributed by atoms with van der Waals surface area (Å²) in [5.41, 5.74) is 5.18. The number of carbonyl (C=O) groups is 1. The van der Waals surface area contributed by atoms with Gasteiger partial charge in [-0.2, -0.15) is 0 Å². The SMILES string of the molecule is Cc1sc2ncn(NC(=O)CCc3ccc(-c4ccccc4)o3)c(=O)c2c1-c1ccccc1. The summed E-state index contributed by atoms with van der Waals surface area (Å²) in [6.07, 6.45) is 1.98. The maximum absolute atomic E-state index is 13.2. The molecule has 3 heterocycles. The number of hydrogen-bond donors (Lipinski definition) is 1. The average Bonchev–Trinajstić information content (AvgIpc) is 3.45. The van der Waals surface area contributed by atoms with Gasteiger partial charge in [-0.1, -0.05) is 60.7 Å². The minimum absolute atomic E-state index is 0.181. The van der Waals surface area contributed by atoms with Crippen LogP contribution in [0, 0.1) is 6.92 Å². The van der Waals surface area contributed by atoms with Gasteiger partial charge in [0.05, 0.1) is 5.39 Å². The van der Waals surface area contributed by atoms with Gasteiger partial charge in [0, 0.05) is 28.8 Å². The van der Waals surface area contributed by atoms with E-state index in [9.17, 15) is 9.59 Å². The second-order valence-electron chi connectivity index (χ2n) is 7.67. The Morgan fingerprint density at radius 3 is 2.42 bits per heavy atom. The Morgan fingerprint density at radius 1 is 1.00 bits per heavy atom. The summed E-state index contributed by atoms with van der Waals surface area (Å²) in [7, 11) is 0. The third-order valence-corrected chi connectivity index (χ3v) is 6.43. The Hall–Kier alpha value is -3.97. The number of aryl methyl sites for hydroxylation is 2. The number of amides is 1. The molecule has 0 fully saturated rings. The number of benzene rings is 2. The highest BCUT2D eigenvalue weighted by molar-refractivity contribution is 7.19. The van der Waals surface area contributed by atoms with Crippen molar-refractivity contribution in [2.24, 2.45) is 0 Å². The van der Waals surface area contributed by atoms with Crippen LogP contribution in [0.3, 0.4) is 0 Å². The van der Waals surface area contributed by atoms with Crippen LogP contribution in [0.2, 0.25) is 0 Å². The maximum atomic E-state index is 13.2. The van der Waals surface area contributed by atoms with Crippen molar-refractivity contribution in [2.75, 3.05) is 5.43 Å². The number of rotatable bonds is 6. The summed E-state index contributed by atoms with van der Waals surface area (Å²) >= 11 is 1.47. The minimum Gasteiger partial charge on any atom is -0.461 e. The number of carbonyl (C=O) groups excluding carboxylic acids is 1.